The molecule has 1 N–H and O–H groups in total. The van der Waals surface area contributed by atoms with Crippen LogP contribution in [0.3, 0.4) is 0 Å². The zero-order valence-electron chi connectivity index (χ0n) is 9.52. The van der Waals surface area contributed by atoms with E-state index in [1.807, 2.05) is 6.92 Å². The van der Waals surface area contributed by atoms with Crippen LogP contribution in [0.2, 0.25) is 0 Å². The first kappa shape index (κ1) is 14.8. The number of nitrogens with one attached hydrogen (secondary N) is 1. The number of halogens is 5. The highest BCUT2D eigenvalue weighted by atomic mass is 19.4. The number of alkyl halides is 5. The van der Waals surface area contributed by atoms with Crippen molar-refractivity contribution in [2.75, 3.05) is 13.1 Å². The molecule has 0 aromatic carbocycles. The van der Waals surface area contributed by atoms with Crippen molar-refractivity contribution in [1.29, 1.82) is 0 Å². The highest BCUT2D eigenvalue weighted by molar-refractivity contribution is 4.95. The predicted molar refractivity (Wildman–Crippen MR) is 51.1 cm³/mol. The fourth-order valence-corrected chi connectivity index (χ4v) is 1.14. The summed E-state index contributed by atoms with van der Waals surface area (Å²) < 4.78 is 65.9. The molecule has 1 aromatic heterocycles. The van der Waals surface area contributed by atoms with Crippen molar-refractivity contribution in [3.05, 3.63) is 11.8 Å². The first-order chi connectivity index (χ1) is 8.29. The van der Waals surface area contributed by atoms with E-state index < -0.39 is 18.0 Å². The van der Waals surface area contributed by atoms with E-state index in [1.165, 1.54) is 0 Å². The highest BCUT2D eigenvalue weighted by Crippen LogP contribution is 2.43. The van der Waals surface area contributed by atoms with Crippen LogP contribution in [0.15, 0.2) is 4.42 Å². The molecule has 0 aliphatic carbocycles. The molecule has 0 fully saturated rings. The molecule has 9 heteroatoms. The summed E-state index contributed by atoms with van der Waals surface area (Å²) in [6.07, 6.45) is -5.08. The second kappa shape index (κ2) is 5.59. The lowest BCUT2D eigenvalue weighted by Crippen LogP contribution is -2.34. The molecule has 4 nitrogen and oxygen atoms in total. The summed E-state index contributed by atoms with van der Waals surface area (Å²) >= 11 is 0. The second-order valence-electron chi connectivity index (χ2n) is 3.53. The molecule has 0 radical (unpaired) electrons. The quantitative estimate of drug-likeness (QED) is 0.638. The van der Waals surface area contributed by atoms with Gasteiger partial charge in [0.2, 0.25) is 5.89 Å². The molecule has 0 bridgehead atoms. The van der Waals surface area contributed by atoms with Gasteiger partial charge in [-0.1, -0.05) is 6.92 Å². The maximum absolute atomic E-state index is 12.8. The van der Waals surface area contributed by atoms with Crippen molar-refractivity contribution in [2.45, 2.75) is 31.9 Å². The Bertz CT molecular complexity index is 377. The lowest BCUT2D eigenvalue weighted by molar-refractivity contribution is -0.297. The van der Waals surface area contributed by atoms with Crippen molar-refractivity contribution in [3.8, 4) is 0 Å². The van der Waals surface area contributed by atoms with Crippen LogP contribution in [0.4, 0.5) is 22.0 Å². The van der Waals surface area contributed by atoms with Gasteiger partial charge < -0.3 is 9.73 Å². The van der Waals surface area contributed by atoms with Gasteiger partial charge in [0, 0.05) is 6.42 Å². The SMILES string of the molecule is CCNCCCc1nnc(C(F)(F)C(F)(F)F)o1. The van der Waals surface area contributed by atoms with Crippen LogP contribution in [0, 0.1) is 0 Å². The van der Waals surface area contributed by atoms with Crippen LogP contribution >= 0.6 is 0 Å². The van der Waals surface area contributed by atoms with Crippen molar-refractivity contribution >= 4 is 0 Å². The molecule has 0 spiro atoms. The largest absolute Gasteiger partial charge is 0.463 e. The van der Waals surface area contributed by atoms with E-state index in [0.717, 1.165) is 6.54 Å². The summed E-state index contributed by atoms with van der Waals surface area (Å²) in [5.74, 6) is -7.06. The summed E-state index contributed by atoms with van der Waals surface area (Å²) in [6.45, 7) is 3.21. The molecule has 0 saturated carbocycles. The van der Waals surface area contributed by atoms with Crippen molar-refractivity contribution < 1.29 is 26.4 Å². The third-order valence-corrected chi connectivity index (χ3v) is 2.09. The minimum absolute atomic E-state index is 0.147. The third kappa shape index (κ3) is 3.37. The Labute approximate surface area is 99.6 Å². The molecule has 1 heterocycles. The standard InChI is InChI=1S/C9H12F5N3O/c1-2-15-5-3-4-6-16-17-7(18-6)8(10,11)9(12,13)14/h15H,2-5H2,1H3. The summed E-state index contributed by atoms with van der Waals surface area (Å²) in [5, 5.41) is 8.88. The van der Waals surface area contributed by atoms with Crippen LogP contribution in [-0.4, -0.2) is 29.5 Å². The molecular formula is C9H12F5N3O. The van der Waals surface area contributed by atoms with Crippen LogP contribution in [-0.2, 0) is 12.3 Å². The predicted octanol–water partition coefficient (Wildman–Crippen LogP) is 2.27. The van der Waals surface area contributed by atoms with Gasteiger partial charge in [0.25, 0.3) is 5.89 Å². The van der Waals surface area contributed by atoms with Gasteiger partial charge in [0.1, 0.15) is 0 Å². The summed E-state index contributed by atoms with van der Waals surface area (Å²) in [7, 11) is 0. The molecule has 0 aliphatic heterocycles. The van der Waals surface area contributed by atoms with Gasteiger partial charge in [-0.15, -0.1) is 10.2 Å². The Morgan fingerprint density at radius 2 is 1.83 bits per heavy atom. The summed E-state index contributed by atoms with van der Waals surface area (Å²) in [6, 6.07) is 0. The van der Waals surface area contributed by atoms with Crippen molar-refractivity contribution in [1.82, 2.24) is 15.5 Å². The maximum Gasteiger partial charge on any atom is 0.463 e. The van der Waals surface area contributed by atoms with Crippen LogP contribution in [0.25, 0.3) is 0 Å². The number of nitrogens with zero attached hydrogens (tertiary/aromatic N) is 2. The van der Waals surface area contributed by atoms with E-state index in [4.69, 9.17) is 0 Å². The van der Waals surface area contributed by atoms with Gasteiger partial charge in [-0.25, -0.2) is 0 Å². The average Bonchev–Trinajstić information content (AvgIpc) is 2.72. The molecule has 0 amide bonds. The van der Waals surface area contributed by atoms with E-state index >= 15 is 0 Å². The van der Waals surface area contributed by atoms with E-state index in [0.29, 0.717) is 13.0 Å². The Balaban J connectivity index is 2.63. The first-order valence-corrected chi connectivity index (χ1v) is 5.27. The van der Waals surface area contributed by atoms with Crippen molar-refractivity contribution in [2.24, 2.45) is 0 Å². The summed E-state index contributed by atoms with van der Waals surface area (Å²) in [5.41, 5.74) is 0. The van der Waals surface area contributed by atoms with Gasteiger partial charge in [-0.05, 0) is 19.5 Å². The van der Waals surface area contributed by atoms with Gasteiger partial charge in [-0.2, -0.15) is 22.0 Å². The molecule has 0 aliphatic rings. The van der Waals surface area contributed by atoms with E-state index in [-0.39, 0.29) is 12.3 Å². The van der Waals surface area contributed by atoms with Crippen LogP contribution in [0.1, 0.15) is 25.1 Å². The zero-order valence-corrected chi connectivity index (χ0v) is 9.52. The van der Waals surface area contributed by atoms with Gasteiger partial charge in [0.15, 0.2) is 0 Å². The molecule has 1 aromatic rings. The normalized spacial score (nSPS) is 13.0. The Morgan fingerprint density at radius 3 is 2.39 bits per heavy atom. The number of aryl methyl sites for hydroxylation is 1. The number of aromatic nitrogens is 2. The Morgan fingerprint density at radius 1 is 1.17 bits per heavy atom. The van der Waals surface area contributed by atoms with E-state index in [9.17, 15) is 22.0 Å². The smallest absolute Gasteiger partial charge is 0.419 e. The molecule has 104 valence electrons. The summed E-state index contributed by atoms with van der Waals surface area (Å²) in [4.78, 5) is 0. The van der Waals surface area contributed by atoms with Gasteiger partial charge in [0.05, 0.1) is 0 Å². The van der Waals surface area contributed by atoms with Gasteiger partial charge in [-0.3, -0.25) is 0 Å². The molecule has 0 unspecified atom stereocenters. The van der Waals surface area contributed by atoms with Crippen molar-refractivity contribution in [3.63, 3.8) is 0 Å². The highest BCUT2D eigenvalue weighted by Gasteiger charge is 2.62. The minimum atomic E-state index is -5.74. The number of rotatable bonds is 6. The average molecular weight is 273 g/mol. The second-order valence-corrected chi connectivity index (χ2v) is 3.53. The Hall–Kier alpha value is -1.25. The number of hydrogen-bond donors (Lipinski definition) is 1. The minimum Gasteiger partial charge on any atom is -0.419 e. The van der Waals surface area contributed by atoms with Gasteiger partial charge >= 0.3 is 12.1 Å². The molecule has 0 saturated heterocycles. The molecular weight excluding hydrogens is 261 g/mol. The van der Waals surface area contributed by atoms with E-state index in [1.54, 1.807) is 0 Å². The third-order valence-electron chi connectivity index (χ3n) is 2.09. The fraction of sp³-hybridized carbons (Fsp3) is 0.778. The lowest BCUT2D eigenvalue weighted by Gasteiger charge is -2.14. The fourth-order valence-electron chi connectivity index (χ4n) is 1.14. The van der Waals surface area contributed by atoms with Crippen LogP contribution < -0.4 is 5.32 Å². The first-order valence-electron chi connectivity index (χ1n) is 5.27. The topological polar surface area (TPSA) is 51.0 Å². The maximum atomic E-state index is 12.8. The molecule has 0 atom stereocenters. The lowest BCUT2D eigenvalue weighted by atomic mass is 10.3. The zero-order chi connectivity index (χ0) is 13.8. The molecule has 1 rings (SSSR count). The monoisotopic (exact) mass is 273 g/mol. The van der Waals surface area contributed by atoms with E-state index in [2.05, 4.69) is 19.9 Å². The number of hydrogen-bond acceptors (Lipinski definition) is 4. The Kier molecular flexibility index (Phi) is 4.60. The molecule has 18 heavy (non-hydrogen) atoms. The van der Waals surface area contributed by atoms with Crippen LogP contribution in [0.5, 0.6) is 0 Å².